The van der Waals surface area contributed by atoms with E-state index in [0.717, 1.165) is 17.8 Å². The molecule has 0 heterocycles. The van der Waals surface area contributed by atoms with Crippen LogP contribution >= 0.6 is 0 Å². The van der Waals surface area contributed by atoms with E-state index in [2.05, 4.69) is 26.5 Å². The van der Waals surface area contributed by atoms with Crippen molar-refractivity contribution in [2.75, 3.05) is 0 Å². The standard InChI is InChI=1S/C11H18/c1-4-11(2,3)10-6-8-5-9(8)7-10/h4,8-10H,1,5-7H2,2-3H3. The minimum absolute atomic E-state index is 0.396. The van der Waals surface area contributed by atoms with E-state index in [4.69, 9.17) is 0 Å². The van der Waals surface area contributed by atoms with Crippen LogP contribution in [-0.2, 0) is 0 Å². The fourth-order valence-corrected chi connectivity index (χ4v) is 2.49. The molecule has 0 heteroatoms. The molecular formula is C11H18. The molecule has 0 aromatic carbocycles. The summed E-state index contributed by atoms with van der Waals surface area (Å²) in [5.41, 5.74) is 0.396. The van der Waals surface area contributed by atoms with E-state index in [1.165, 1.54) is 19.3 Å². The third-order valence-corrected chi connectivity index (χ3v) is 3.82. The smallest absolute Gasteiger partial charge is 0.0149 e. The molecule has 0 saturated heterocycles. The average Bonchev–Trinajstić information content (AvgIpc) is 2.59. The first-order chi connectivity index (χ1) is 5.13. The summed E-state index contributed by atoms with van der Waals surface area (Å²) in [7, 11) is 0. The van der Waals surface area contributed by atoms with Gasteiger partial charge < -0.3 is 0 Å². The van der Waals surface area contributed by atoms with Crippen LogP contribution in [-0.4, -0.2) is 0 Å². The van der Waals surface area contributed by atoms with E-state index in [9.17, 15) is 0 Å². The summed E-state index contributed by atoms with van der Waals surface area (Å²) in [5, 5.41) is 0. The third kappa shape index (κ3) is 1.13. The SMILES string of the molecule is C=CC(C)(C)C1CC2CC2C1. The average molecular weight is 150 g/mol. The van der Waals surface area contributed by atoms with E-state index in [-0.39, 0.29) is 0 Å². The highest BCUT2D eigenvalue weighted by Gasteiger charge is 2.49. The molecule has 0 aliphatic heterocycles. The van der Waals surface area contributed by atoms with Gasteiger partial charge in [-0.05, 0) is 42.4 Å². The Kier molecular flexibility index (Phi) is 1.42. The summed E-state index contributed by atoms with van der Waals surface area (Å²) in [6, 6.07) is 0. The van der Waals surface area contributed by atoms with Crippen LogP contribution in [0.1, 0.15) is 33.1 Å². The zero-order valence-corrected chi connectivity index (χ0v) is 7.64. The van der Waals surface area contributed by atoms with Gasteiger partial charge in [0.25, 0.3) is 0 Å². The van der Waals surface area contributed by atoms with E-state index in [1.54, 1.807) is 0 Å². The summed E-state index contributed by atoms with van der Waals surface area (Å²) in [6.45, 7) is 8.57. The minimum Gasteiger partial charge on any atom is -0.103 e. The van der Waals surface area contributed by atoms with Crippen molar-refractivity contribution in [1.82, 2.24) is 0 Å². The van der Waals surface area contributed by atoms with Crippen molar-refractivity contribution in [3.05, 3.63) is 12.7 Å². The van der Waals surface area contributed by atoms with Crippen LogP contribution in [0.15, 0.2) is 12.7 Å². The first kappa shape index (κ1) is 7.39. The Morgan fingerprint density at radius 3 is 2.18 bits per heavy atom. The molecule has 2 atom stereocenters. The van der Waals surface area contributed by atoms with E-state index >= 15 is 0 Å². The Labute approximate surface area is 69.7 Å². The van der Waals surface area contributed by atoms with Crippen LogP contribution in [0.3, 0.4) is 0 Å². The molecule has 0 aromatic heterocycles. The lowest BCUT2D eigenvalue weighted by molar-refractivity contribution is 0.268. The summed E-state index contributed by atoms with van der Waals surface area (Å²) < 4.78 is 0. The van der Waals surface area contributed by atoms with Crippen LogP contribution in [0, 0.1) is 23.2 Å². The molecule has 11 heavy (non-hydrogen) atoms. The van der Waals surface area contributed by atoms with Gasteiger partial charge in [-0.25, -0.2) is 0 Å². The van der Waals surface area contributed by atoms with Crippen LogP contribution in [0.25, 0.3) is 0 Å². The fourth-order valence-electron chi connectivity index (χ4n) is 2.49. The number of hydrogen-bond donors (Lipinski definition) is 0. The molecule has 2 aliphatic carbocycles. The van der Waals surface area contributed by atoms with Crippen LogP contribution in [0.5, 0.6) is 0 Å². The van der Waals surface area contributed by atoms with Gasteiger partial charge in [0.2, 0.25) is 0 Å². The quantitative estimate of drug-likeness (QED) is 0.530. The molecular weight excluding hydrogens is 132 g/mol. The van der Waals surface area contributed by atoms with Crippen molar-refractivity contribution < 1.29 is 0 Å². The van der Waals surface area contributed by atoms with Crippen molar-refractivity contribution in [2.24, 2.45) is 23.2 Å². The topological polar surface area (TPSA) is 0 Å². The predicted molar refractivity (Wildman–Crippen MR) is 48.3 cm³/mol. The molecule has 0 radical (unpaired) electrons. The largest absolute Gasteiger partial charge is 0.103 e. The van der Waals surface area contributed by atoms with Gasteiger partial charge in [0.1, 0.15) is 0 Å². The van der Waals surface area contributed by atoms with E-state index in [0.29, 0.717) is 5.41 Å². The Morgan fingerprint density at radius 2 is 1.73 bits per heavy atom. The molecule has 62 valence electrons. The molecule has 2 fully saturated rings. The van der Waals surface area contributed by atoms with Gasteiger partial charge in [0.05, 0.1) is 0 Å². The fraction of sp³-hybridized carbons (Fsp3) is 0.818. The number of fused-ring (bicyclic) bond motifs is 1. The molecule has 0 amide bonds. The predicted octanol–water partition coefficient (Wildman–Crippen LogP) is 3.24. The molecule has 2 unspecified atom stereocenters. The summed E-state index contributed by atoms with van der Waals surface area (Å²) in [4.78, 5) is 0. The molecule has 0 N–H and O–H groups in total. The van der Waals surface area contributed by atoms with Crippen LogP contribution < -0.4 is 0 Å². The lowest BCUT2D eigenvalue weighted by Crippen LogP contribution is -2.19. The van der Waals surface area contributed by atoms with Crippen LogP contribution in [0.2, 0.25) is 0 Å². The normalized spacial score (nSPS) is 41.8. The van der Waals surface area contributed by atoms with E-state index < -0.39 is 0 Å². The lowest BCUT2D eigenvalue weighted by atomic mass is 9.76. The molecule has 2 saturated carbocycles. The summed E-state index contributed by atoms with van der Waals surface area (Å²) in [5.74, 6) is 3.15. The second-order valence-corrected chi connectivity index (χ2v) is 4.95. The Bertz CT molecular complexity index is 168. The van der Waals surface area contributed by atoms with E-state index in [1.807, 2.05) is 0 Å². The Morgan fingerprint density at radius 1 is 1.18 bits per heavy atom. The molecule has 0 nitrogen and oxygen atoms in total. The van der Waals surface area contributed by atoms with Crippen molar-refractivity contribution in [3.8, 4) is 0 Å². The zero-order valence-electron chi connectivity index (χ0n) is 7.64. The van der Waals surface area contributed by atoms with Gasteiger partial charge in [-0.1, -0.05) is 19.9 Å². The van der Waals surface area contributed by atoms with Gasteiger partial charge >= 0.3 is 0 Å². The van der Waals surface area contributed by atoms with Gasteiger partial charge in [-0.2, -0.15) is 0 Å². The third-order valence-electron chi connectivity index (χ3n) is 3.82. The van der Waals surface area contributed by atoms with Crippen molar-refractivity contribution in [2.45, 2.75) is 33.1 Å². The summed E-state index contributed by atoms with van der Waals surface area (Å²) in [6.07, 6.45) is 6.62. The van der Waals surface area contributed by atoms with Crippen molar-refractivity contribution >= 4 is 0 Å². The number of allylic oxidation sites excluding steroid dienone is 1. The second kappa shape index (κ2) is 2.12. The van der Waals surface area contributed by atoms with Gasteiger partial charge in [0, 0.05) is 0 Å². The number of rotatable bonds is 2. The highest BCUT2D eigenvalue weighted by molar-refractivity contribution is 5.04. The van der Waals surface area contributed by atoms with Gasteiger partial charge in [-0.3, -0.25) is 0 Å². The van der Waals surface area contributed by atoms with Crippen molar-refractivity contribution in [1.29, 1.82) is 0 Å². The second-order valence-electron chi connectivity index (χ2n) is 4.95. The lowest BCUT2D eigenvalue weighted by Gasteiger charge is -2.29. The Balaban J connectivity index is 2.00. The summed E-state index contributed by atoms with van der Waals surface area (Å²) >= 11 is 0. The van der Waals surface area contributed by atoms with Crippen molar-refractivity contribution in [3.63, 3.8) is 0 Å². The molecule has 2 aliphatic rings. The zero-order chi connectivity index (χ0) is 8.06. The molecule has 2 rings (SSSR count). The molecule has 0 spiro atoms. The molecule has 0 aromatic rings. The highest BCUT2D eigenvalue weighted by atomic mass is 14.5. The molecule has 0 bridgehead atoms. The monoisotopic (exact) mass is 150 g/mol. The van der Waals surface area contributed by atoms with Crippen LogP contribution in [0.4, 0.5) is 0 Å². The van der Waals surface area contributed by atoms with Gasteiger partial charge in [-0.15, -0.1) is 6.58 Å². The first-order valence-electron chi connectivity index (χ1n) is 4.77. The maximum atomic E-state index is 3.92. The van der Waals surface area contributed by atoms with Gasteiger partial charge in [0.15, 0.2) is 0 Å². The maximum absolute atomic E-state index is 3.92. The number of hydrogen-bond acceptors (Lipinski definition) is 0. The maximum Gasteiger partial charge on any atom is -0.0149 e. The Hall–Kier alpha value is -0.260. The minimum atomic E-state index is 0.396. The highest BCUT2D eigenvalue weighted by Crippen LogP contribution is 2.58. The first-order valence-corrected chi connectivity index (χ1v) is 4.77.